The van der Waals surface area contributed by atoms with Crippen LogP contribution in [0, 0.1) is 0 Å². The average Bonchev–Trinajstić information content (AvgIpc) is 3.35. The topological polar surface area (TPSA) is 49.8 Å². The van der Waals surface area contributed by atoms with Crippen LogP contribution in [0.5, 0.6) is 0 Å². The van der Waals surface area contributed by atoms with Crippen molar-refractivity contribution >= 4 is 7.75 Å². The minimum absolute atomic E-state index is 0.389. The summed E-state index contributed by atoms with van der Waals surface area (Å²) < 4.78 is 20.6. The van der Waals surface area contributed by atoms with Crippen LogP contribution >= 0.6 is 7.75 Å². The molecule has 1 N–H and O–H groups in total. The molecule has 1 unspecified atom stereocenters. The summed E-state index contributed by atoms with van der Waals surface area (Å²) in [5.74, 6) is 0. The zero-order valence-electron chi connectivity index (χ0n) is 48.3. The fourth-order valence-electron chi connectivity index (χ4n) is 10.7. The molecular formula is C64H132NO3P. The van der Waals surface area contributed by atoms with Crippen LogP contribution in [0.4, 0.5) is 0 Å². The van der Waals surface area contributed by atoms with E-state index in [0.717, 1.165) is 38.5 Å². The normalized spacial score (nSPS) is 12.8. The minimum Gasteiger partial charge on any atom is -0.312 e. The molecule has 0 rings (SSSR count). The quantitative estimate of drug-likeness (QED) is 0.0487. The molecule has 0 heterocycles. The van der Waals surface area contributed by atoms with Crippen LogP contribution in [0.1, 0.15) is 393 Å². The van der Waals surface area contributed by atoms with Crippen molar-refractivity contribution < 1.29 is 14.0 Å². The van der Waals surface area contributed by atoms with Gasteiger partial charge in [-0.25, -0.2) is 9.24 Å². The van der Waals surface area contributed by atoms with Gasteiger partial charge in [-0.2, -0.15) is 0 Å². The second kappa shape index (κ2) is 60.7. The molecule has 0 aliphatic rings. The highest BCUT2D eigenvalue weighted by Crippen LogP contribution is 2.47. The Morgan fingerprint density at radius 1 is 0.246 bits per heavy atom. The van der Waals surface area contributed by atoms with Crippen molar-refractivity contribution in [2.24, 2.45) is 0 Å². The third kappa shape index (κ3) is 57.2. The third-order valence-electron chi connectivity index (χ3n) is 15.7. The van der Waals surface area contributed by atoms with Gasteiger partial charge in [0.2, 0.25) is 0 Å². The number of nitrogens with zero attached hydrogens (tertiary/aromatic N) is 1. The van der Waals surface area contributed by atoms with Gasteiger partial charge in [-0.1, -0.05) is 374 Å². The molecule has 0 aromatic carbocycles. The van der Waals surface area contributed by atoms with Crippen LogP contribution in [0.3, 0.4) is 0 Å². The molecule has 1 atom stereocenters. The van der Waals surface area contributed by atoms with Gasteiger partial charge in [0.25, 0.3) is 0 Å². The van der Waals surface area contributed by atoms with E-state index in [9.17, 15) is 9.46 Å². The molecule has 0 aliphatic heterocycles. The first-order chi connectivity index (χ1) is 34.1. The standard InChI is InChI=1S/C64H132NO3P/c1-4-7-10-12-14-16-18-20-22-24-26-28-30-32-34-36-38-40-42-44-46-48-50-52-54-56-58-60-62-65(69(66,67)68-64-9-6-3)63-61-59-57-55-53-51-49-47-45-43-41-39-37-35-33-31-29-27-25-23-21-19-17-15-13-11-8-5-2/h4-64H2,1-3H3,(H,66,67). The van der Waals surface area contributed by atoms with E-state index in [2.05, 4.69) is 20.8 Å². The number of hydrogen-bond donors (Lipinski definition) is 1. The summed E-state index contributed by atoms with van der Waals surface area (Å²) in [6.45, 7) is 8.50. The van der Waals surface area contributed by atoms with Crippen molar-refractivity contribution in [2.75, 3.05) is 19.7 Å². The molecule has 0 aromatic heterocycles. The molecule has 0 radical (unpaired) electrons. The van der Waals surface area contributed by atoms with Gasteiger partial charge in [-0.15, -0.1) is 0 Å². The first-order valence-electron chi connectivity index (χ1n) is 32.8. The molecule has 5 heteroatoms. The molecular weight excluding hydrogens is 862 g/mol. The zero-order valence-corrected chi connectivity index (χ0v) is 49.2. The molecule has 0 fully saturated rings. The Morgan fingerprint density at radius 2 is 0.391 bits per heavy atom. The zero-order chi connectivity index (χ0) is 49.9. The van der Waals surface area contributed by atoms with E-state index < -0.39 is 7.75 Å². The first kappa shape index (κ1) is 69.1. The van der Waals surface area contributed by atoms with Gasteiger partial charge in [-0.05, 0) is 19.3 Å². The minimum atomic E-state index is -3.70. The summed E-state index contributed by atoms with van der Waals surface area (Å²) in [5.41, 5.74) is 0. The number of unbranched alkanes of at least 4 members (excludes halogenated alkanes) is 55. The van der Waals surface area contributed by atoms with Gasteiger partial charge < -0.3 is 4.89 Å². The maximum absolute atomic E-state index is 13.2. The van der Waals surface area contributed by atoms with E-state index in [1.54, 1.807) is 0 Å². The predicted octanol–water partition coefficient (Wildman–Crippen LogP) is 24.1. The Bertz CT molecular complexity index is 901. The molecule has 0 amide bonds. The first-order valence-corrected chi connectivity index (χ1v) is 34.3. The highest BCUT2D eigenvalue weighted by Gasteiger charge is 2.28. The Kier molecular flexibility index (Phi) is 60.8. The van der Waals surface area contributed by atoms with E-state index in [1.165, 1.54) is 334 Å². The maximum Gasteiger partial charge on any atom is 0.405 e. The van der Waals surface area contributed by atoms with E-state index in [1.807, 2.05) is 4.67 Å². The summed E-state index contributed by atoms with van der Waals surface area (Å²) in [6.07, 6.45) is 80.5. The Labute approximate surface area is 437 Å². The van der Waals surface area contributed by atoms with Gasteiger partial charge >= 0.3 is 7.75 Å². The lowest BCUT2D eigenvalue weighted by molar-refractivity contribution is 0.195. The smallest absolute Gasteiger partial charge is 0.312 e. The van der Waals surface area contributed by atoms with Crippen LogP contribution < -0.4 is 0 Å². The highest BCUT2D eigenvalue weighted by molar-refractivity contribution is 7.50. The van der Waals surface area contributed by atoms with E-state index >= 15 is 0 Å². The fourth-order valence-corrected chi connectivity index (χ4v) is 12.0. The Balaban J connectivity index is 3.64. The van der Waals surface area contributed by atoms with Gasteiger partial charge in [-0.3, -0.25) is 4.52 Å². The lowest BCUT2D eigenvalue weighted by Crippen LogP contribution is -2.24. The lowest BCUT2D eigenvalue weighted by Gasteiger charge is -2.26. The second-order valence-electron chi connectivity index (χ2n) is 22.7. The SMILES string of the molecule is CCCCCCCCCCCCCCCCCCCCCCCCCCCCCCN(CCCCCCCCCCCCCCCCCCCCCCCCCCCCCC)P(=O)(O)OCCCC. The monoisotopic (exact) mass is 994 g/mol. The van der Waals surface area contributed by atoms with Crippen LogP contribution in [0.2, 0.25) is 0 Å². The van der Waals surface area contributed by atoms with Crippen LogP contribution in [0.15, 0.2) is 0 Å². The van der Waals surface area contributed by atoms with Crippen molar-refractivity contribution in [3.8, 4) is 0 Å². The molecule has 0 spiro atoms. The number of hydrogen-bond acceptors (Lipinski definition) is 2. The van der Waals surface area contributed by atoms with Crippen molar-refractivity contribution in [3.05, 3.63) is 0 Å². The molecule has 0 saturated heterocycles. The maximum atomic E-state index is 13.2. The predicted molar refractivity (Wildman–Crippen MR) is 312 cm³/mol. The fraction of sp³-hybridized carbons (Fsp3) is 1.00. The molecule has 0 bridgehead atoms. The largest absolute Gasteiger partial charge is 0.405 e. The lowest BCUT2D eigenvalue weighted by atomic mass is 10.0. The van der Waals surface area contributed by atoms with Crippen LogP contribution in [-0.4, -0.2) is 29.3 Å². The van der Waals surface area contributed by atoms with Gasteiger partial charge in [0.05, 0.1) is 6.61 Å². The van der Waals surface area contributed by atoms with Gasteiger partial charge in [0.15, 0.2) is 0 Å². The molecule has 0 saturated carbocycles. The molecule has 0 aliphatic carbocycles. The van der Waals surface area contributed by atoms with Crippen molar-refractivity contribution in [1.29, 1.82) is 0 Å². The van der Waals surface area contributed by atoms with E-state index in [0.29, 0.717) is 19.7 Å². The summed E-state index contributed by atoms with van der Waals surface area (Å²) in [5, 5.41) is 0. The summed E-state index contributed by atoms with van der Waals surface area (Å²) in [4.78, 5) is 10.9. The molecule has 416 valence electrons. The summed E-state index contributed by atoms with van der Waals surface area (Å²) in [6, 6.07) is 0. The van der Waals surface area contributed by atoms with Crippen molar-refractivity contribution in [1.82, 2.24) is 4.67 Å². The van der Waals surface area contributed by atoms with Crippen LogP contribution in [-0.2, 0) is 9.09 Å². The summed E-state index contributed by atoms with van der Waals surface area (Å²) >= 11 is 0. The Hall–Kier alpha value is 0.110. The Morgan fingerprint density at radius 3 is 0.551 bits per heavy atom. The molecule has 69 heavy (non-hydrogen) atoms. The molecule has 0 aromatic rings. The second-order valence-corrected chi connectivity index (χ2v) is 24.5. The molecule has 4 nitrogen and oxygen atoms in total. The third-order valence-corrected chi connectivity index (χ3v) is 17.3. The number of rotatable bonds is 63. The van der Waals surface area contributed by atoms with Crippen molar-refractivity contribution in [2.45, 2.75) is 393 Å². The van der Waals surface area contributed by atoms with Crippen molar-refractivity contribution in [3.63, 3.8) is 0 Å². The average molecular weight is 995 g/mol. The highest BCUT2D eigenvalue weighted by atomic mass is 31.2. The van der Waals surface area contributed by atoms with Crippen LogP contribution in [0.25, 0.3) is 0 Å². The van der Waals surface area contributed by atoms with Gasteiger partial charge in [0.1, 0.15) is 0 Å². The summed E-state index contributed by atoms with van der Waals surface area (Å²) in [7, 11) is -3.70. The van der Waals surface area contributed by atoms with E-state index in [-0.39, 0.29) is 0 Å². The van der Waals surface area contributed by atoms with Gasteiger partial charge in [0, 0.05) is 13.1 Å². The van der Waals surface area contributed by atoms with E-state index in [4.69, 9.17) is 4.52 Å².